The second-order valence-corrected chi connectivity index (χ2v) is 9.58. The highest BCUT2D eigenvalue weighted by atomic mass is 16.5. The van der Waals surface area contributed by atoms with Gasteiger partial charge in [0, 0.05) is 13.0 Å². The second-order valence-electron chi connectivity index (χ2n) is 9.58. The molecular weight excluding hydrogens is 432 g/mol. The SMILES string of the molecule is CCCCCC(CCCOC1CC(C(=O)OCc2ccccc2)C(=O)NC1=O)C1CCNCC1. The lowest BCUT2D eigenvalue weighted by Gasteiger charge is -2.31. The first-order valence-electron chi connectivity index (χ1n) is 13.0. The fourth-order valence-electron chi connectivity index (χ4n) is 5.05. The highest BCUT2D eigenvalue weighted by Gasteiger charge is 2.40. The molecule has 1 aromatic carbocycles. The van der Waals surface area contributed by atoms with Crippen LogP contribution in [-0.4, -0.2) is 43.6 Å². The smallest absolute Gasteiger partial charge is 0.318 e. The van der Waals surface area contributed by atoms with E-state index in [-0.39, 0.29) is 13.0 Å². The van der Waals surface area contributed by atoms with Crippen LogP contribution >= 0.6 is 0 Å². The van der Waals surface area contributed by atoms with Gasteiger partial charge in [0.1, 0.15) is 18.6 Å². The Labute approximate surface area is 203 Å². The molecular formula is C27H40N2O5. The first-order valence-corrected chi connectivity index (χ1v) is 13.0. The lowest BCUT2D eigenvalue weighted by atomic mass is 9.79. The van der Waals surface area contributed by atoms with Crippen molar-refractivity contribution >= 4 is 17.8 Å². The summed E-state index contributed by atoms with van der Waals surface area (Å²) in [5.74, 6) is -1.26. The van der Waals surface area contributed by atoms with Gasteiger partial charge in [0.25, 0.3) is 5.91 Å². The van der Waals surface area contributed by atoms with Crippen molar-refractivity contribution < 1.29 is 23.9 Å². The van der Waals surface area contributed by atoms with Crippen LogP contribution in [0, 0.1) is 17.8 Å². The van der Waals surface area contributed by atoms with E-state index in [0.29, 0.717) is 12.5 Å². The molecule has 1 aromatic rings. The third-order valence-corrected chi connectivity index (χ3v) is 7.08. The number of carbonyl (C=O) groups is 3. The number of nitrogens with one attached hydrogen (secondary N) is 2. The Morgan fingerprint density at radius 1 is 1.03 bits per heavy atom. The lowest BCUT2D eigenvalue weighted by molar-refractivity contribution is -0.161. The van der Waals surface area contributed by atoms with Crippen molar-refractivity contribution in [3.05, 3.63) is 35.9 Å². The highest BCUT2D eigenvalue weighted by Crippen LogP contribution is 2.30. The Bertz CT molecular complexity index is 778. The molecule has 188 valence electrons. The minimum absolute atomic E-state index is 0.0342. The number of ether oxygens (including phenoxy) is 2. The van der Waals surface area contributed by atoms with Crippen LogP contribution in [0.2, 0.25) is 0 Å². The number of hydrogen-bond acceptors (Lipinski definition) is 6. The predicted molar refractivity (Wildman–Crippen MR) is 130 cm³/mol. The average molecular weight is 473 g/mol. The Balaban J connectivity index is 1.44. The number of imide groups is 1. The highest BCUT2D eigenvalue weighted by molar-refractivity contribution is 6.08. The second kappa shape index (κ2) is 14.2. The Kier molecular flexibility index (Phi) is 11.0. The summed E-state index contributed by atoms with van der Waals surface area (Å²) in [6, 6.07) is 9.30. The van der Waals surface area contributed by atoms with Gasteiger partial charge in [-0.3, -0.25) is 19.7 Å². The molecule has 2 amide bonds. The molecule has 2 fully saturated rings. The normalized spacial score (nSPS) is 22.3. The average Bonchev–Trinajstić information content (AvgIpc) is 2.86. The van der Waals surface area contributed by atoms with Gasteiger partial charge in [-0.1, -0.05) is 62.9 Å². The van der Waals surface area contributed by atoms with Gasteiger partial charge in [-0.15, -0.1) is 0 Å². The van der Waals surface area contributed by atoms with Crippen molar-refractivity contribution in [2.24, 2.45) is 17.8 Å². The van der Waals surface area contributed by atoms with Crippen molar-refractivity contribution in [3.63, 3.8) is 0 Å². The van der Waals surface area contributed by atoms with Crippen molar-refractivity contribution in [3.8, 4) is 0 Å². The number of amides is 2. The summed E-state index contributed by atoms with van der Waals surface area (Å²) in [4.78, 5) is 37.0. The summed E-state index contributed by atoms with van der Waals surface area (Å²) in [5.41, 5.74) is 0.846. The molecule has 2 heterocycles. The molecule has 0 aliphatic carbocycles. The van der Waals surface area contributed by atoms with Crippen LogP contribution in [0.1, 0.15) is 70.3 Å². The number of benzene rings is 1. The summed E-state index contributed by atoms with van der Waals surface area (Å²) >= 11 is 0. The molecule has 7 nitrogen and oxygen atoms in total. The zero-order valence-electron chi connectivity index (χ0n) is 20.4. The molecule has 3 rings (SSSR count). The fourth-order valence-corrected chi connectivity index (χ4v) is 5.05. The molecule has 34 heavy (non-hydrogen) atoms. The van der Waals surface area contributed by atoms with E-state index < -0.39 is 29.8 Å². The lowest BCUT2D eigenvalue weighted by Crippen LogP contribution is -2.52. The third kappa shape index (κ3) is 8.20. The van der Waals surface area contributed by atoms with Crippen LogP contribution in [-0.2, 0) is 30.5 Å². The first kappa shape index (κ1) is 26.4. The number of esters is 1. The topological polar surface area (TPSA) is 93.7 Å². The number of piperidine rings is 2. The van der Waals surface area contributed by atoms with E-state index in [2.05, 4.69) is 17.6 Å². The van der Waals surface area contributed by atoms with E-state index in [1.807, 2.05) is 30.3 Å². The summed E-state index contributed by atoms with van der Waals surface area (Å²) in [6.07, 6.45) is 8.69. The van der Waals surface area contributed by atoms with Gasteiger partial charge < -0.3 is 14.8 Å². The standard InChI is InChI=1S/C27H40N2O5/c1-2-3-5-11-21(22-13-15-28-16-14-22)12-8-17-33-24-18-23(25(30)29-26(24)31)27(32)34-19-20-9-6-4-7-10-20/h4,6-7,9-10,21-24,28H,2-3,5,8,11-19H2,1H3,(H,29,30,31). The summed E-state index contributed by atoms with van der Waals surface area (Å²) in [7, 11) is 0. The molecule has 2 aliphatic heterocycles. The quantitative estimate of drug-likeness (QED) is 0.197. The van der Waals surface area contributed by atoms with Gasteiger partial charge in [-0.2, -0.15) is 0 Å². The van der Waals surface area contributed by atoms with Gasteiger partial charge in [-0.25, -0.2) is 0 Å². The van der Waals surface area contributed by atoms with Crippen LogP contribution < -0.4 is 10.6 Å². The van der Waals surface area contributed by atoms with Crippen LogP contribution in [0.15, 0.2) is 30.3 Å². The zero-order chi connectivity index (χ0) is 24.2. The molecule has 0 bridgehead atoms. The summed E-state index contributed by atoms with van der Waals surface area (Å²) < 4.78 is 11.2. The number of unbranched alkanes of at least 4 members (excludes halogenated alkanes) is 2. The predicted octanol–water partition coefficient (Wildman–Crippen LogP) is 3.75. The largest absolute Gasteiger partial charge is 0.460 e. The van der Waals surface area contributed by atoms with E-state index >= 15 is 0 Å². The van der Waals surface area contributed by atoms with Crippen LogP contribution in [0.25, 0.3) is 0 Å². The molecule has 3 atom stereocenters. The van der Waals surface area contributed by atoms with E-state index in [9.17, 15) is 14.4 Å². The van der Waals surface area contributed by atoms with Crippen LogP contribution in [0.3, 0.4) is 0 Å². The Hall–Kier alpha value is -2.25. The fraction of sp³-hybridized carbons (Fsp3) is 0.667. The maximum absolute atomic E-state index is 12.5. The van der Waals surface area contributed by atoms with Crippen molar-refractivity contribution in [2.45, 2.75) is 77.4 Å². The monoisotopic (exact) mass is 472 g/mol. The minimum atomic E-state index is -1.03. The number of hydrogen-bond donors (Lipinski definition) is 2. The Morgan fingerprint density at radius 3 is 2.50 bits per heavy atom. The van der Waals surface area contributed by atoms with E-state index in [0.717, 1.165) is 37.4 Å². The van der Waals surface area contributed by atoms with Gasteiger partial charge in [-0.05, 0) is 56.2 Å². The van der Waals surface area contributed by atoms with Gasteiger partial charge in [0.15, 0.2) is 0 Å². The molecule has 3 unspecified atom stereocenters. The van der Waals surface area contributed by atoms with Gasteiger partial charge in [0.2, 0.25) is 5.91 Å². The van der Waals surface area contributed by atoms with E-state index in [1.54, 1.807) is 0 Å². The van der Waals surface area contributed by atoms with E-state index in [4.69, 9.17) is 9.47 Å². The molecule has 0 radical (unpaired) electrons. The van der Waals surface area contributed by atoms with Crippen LogP contribution in [0.4, 0.5) is 0 Å². The zero-order valence-corrected chi connectivity index (χ0v) is 20.4. The molecule has 0 aromatic heterocycles. The number of rotatable bonds is 13. The molecule has 0 spiro atoms. The van der Waals surface area contributed by atoms with Crippen molar-refractivity contribution in [1.82, 2.24) is 10.6 Å². The summed E-state index contributed by atoms with van der Waals surface area (Å²) in [6.45, 7) is 4.98. The van der Waals surface area contributed by atoms with Crippen molar-refractivity contribution in [1.29, 1.82) is 0 Å². The molecule has 0 saturated carbocycles. The third-order valence-electron chi connectivity index (χ3n) is 7.08. The maximum Gasteiger partial charge on any atom is 0.318 e. The first-order chi connectivity index (χ1) is 16.6. The molecule has 2 aliphatic rings. The molecule has 7 heteroatoms. The van der Waals surface area contributed by atoms with E-state index in [1.165, 1.54) is 38.5 Å². The summed E-state index contributed by atoms with van der Waals surface area (Å²) in [5, 5.41) is 5.74. The molecule has 2 N–H and O–H groups in total. The van der Waals surface area contributed by atoms with Gasteiger partial charge in [0.05, 0.1) is 0 Å². The van der Waals surface area contributed by atoms with Crippen LogP contribution in [0.5, 0.6) is 0 Å². The van der Waals surface area contributed by atoms with Crippen molar-refractivity contribution in [2.75, 3.05) is 19.7 Å². The maximum atomic E-state index is 12.5. The van der Waals surface area contributed by atoms with Gasteiger partial charge >= 0.3 is 5.97 Å². The molecule has 2 saturated heterocycles. The Morgan fingerprint density at radius 2 is 1.76 bits per heavy atom. The minimum Gasteiger partial charge on any atom is -0.460 e. The number of carbonyl (C=O) groups excluding carboxylic acids is 3.